The minimum Gasteiger partial charge on any atom is -0.393 e. The molecule has 1 unspecified atom stereocenters. The lowest BCUT2D eigenvalue weighted by atomic mass is 9.97. The van der Waals surface area contributed by atoms with Crippen molar-refractivity contribution >= 4 is 23.1 Å². The largest absolute Gasteiger partial charge is 0.393 e. The lowest BCUT2D eigenvalue weighted by Crippen LogP contribution is -2.43. The molecule has 1 aliphatic carbocycles. The number of rotatable bonds is 8. The van der Waals surface area contributed by atoms with E-state index in [1.807, 2.05) is 35.2 Å². The fourth-order valence-electron chi connectivity index (χ4n) is 2.55. The van der Waals surface area contributed by atoms with Gasteiger partial charge in [0, 0.05) is 13.1 Å². The quantitative estimate of drug-likeness (QED) is 0.751. The second-order valence-electron chi connectivity index (χ2n) is 5.87. The van der Waals surface area contributed by atoms with Crippen LogP contribution in [0.15, 0.2) is 30.3 Å². The predicted molar refractivity (Wildman–Crippen MR) is 90.0 cm³/mol. The molecule has 0 heterocycles. The van der Waals surface area contributed by atoms with E-state index in [1.165, 1.54) is 12.8 Å². The third-order valence-electron chi connectivity index (χ3n) is 3.90. The standard InChI is InChI=1S/C17H24N2OS/c1-2-10-19(12-14-8-9-14)17(20)15(16(18)21)11-13-6-4-3-5-7-13/h3-7,14-15H,2,8-12H2,1H3,(H2,18,21). The van der Waals surface area contributed by atoms with E-state index < -0.39 is 0 Å². The molecule has 0 saturated heterocycles. The van der Waals surface area contributed by atoms with Crippen LogP contribution in [0, 0.1) is 11.8 Å². The summed E-state index contributed by atoms with van der Waals surface area (Å²) in [6.45, 7) is 3.75. The van der Waals surface area contributed by atoms with E-state index in [2.05, 4.69) is 6.92 Å². The van der Waals surface area contributed by atoms with Gasteiger partial charge < -0.3 is 10.6 Å². The number of amides is 1. The number of nitrogens with zero attached hydrogens (tertiary/aromatic N) is 1. The second-order valence-corrected chi connectivity index (χ2v) is 6.34. The number of thiocarbonyl (C=S) groups is 1. The SMILES string of the molecule is CCCN(CC1CC1)C(=O)C(Cc1ccccc1)C(N)=S. The van der Waals surface area contributed by atoms with Crippen LogP contribution < -0.4 is 5.73 Å². The topological polar surface area (TPSA) is 46.3 Å². The molecule has 1 atom stereocenters. The number of hydrogen-bond acceptors (Lipinski definition) is 2. The first kappa shape index (κ1) is 16.0. The van der Waals surface area contributed by atoms with E-state index in [9.17, 15) is 4.79 Å². The summed E-state index contributed by atoms with van der Waals surface area (Å²) in [7, 11) is 0. The van der Waals surface area contributed by atoms with Crippen LogP contribution in [0.5, 0.6) is 0 Å². The van der Waals surface area contributed by atoms with Crippen LogP contribution in [0.3, 0.4) is 0 Å². The van der Waals surface area contributed by atoms with Crippen LogP contribution in [-0.2, 0) is 11.2 Å². The monoisotopic (exact) mass is 304 g/mol. The summed E-state index contributed by atoms with van der Waals surface area (Å²) in [4.78, 5) is 15.1. The molecule has 0 aromatic heterocycles. The number of hydrogen-bond donors (Lipinski definition) is 1. The molecule has 3 nitrogen and oxygen atoms in total. The van der Waals surface area contributed by atoms with E-state index in [4.69, 9.17) is 18.0 Å². The Morgan fingerprint density at radius 1 is 1.38 bits per heavy atom. The molecule has 1 amide bonds. The van der Waals surface area contributed by atoms with Crippen LogP contribution in [0.2, 0.25) is 0 Å². The van der Waals surface area contributed by atoms with Gasteiger partial charge in [-0.3, -0.25) is 4.79 Å². The predicted octanol–water partition coefficient (Wildman–Crippen LogP) is 2.78. The van der Waals surface area contributed by atoms with Gasteiger partial charge >= 0.3 is 0 Å². The van der Waals surface area contributed by atoms with Crippen molar-refractivity contribution in [2.24, 2.45) is 17.6 Å². The summed E-state index contributed by atoms with van der Waals surface area (Å²) in [5.41, 5.74) is 6.95. The molecule has 0 spiro atoms. The summed E-state index contributed by atoms with van der Waals surface area (Å²) in [6, 6.07) is 9.96. The van der Waals surface area contributed by atoms with Crippen LogP contribution in [0.1, 0.15) is 31.7 Å². The van der Waals surface area contributed by atoms with Gasteiger partial charge in [0.25, 0.3) is 0 Å². The van der Waals surface area contributed by atoms with Gasteiger partial charge in [-0.1, -0.05) is 49.5 Å². The van der Waals surface area contributed by atoms with Crippen molar-refractivity contribution in [3.63, 3.8) is 0 Å². The van der Waals surface area contributed by atoms with E-state index in [0.29, 0.717) is 17.3 Å². The molecule has 2 rings (SSSR count). The molecular formula is C17H24N2OS. The molecule has 4 heteroatoms. The van der Waals surface area contributed by atoms with Crippen molar-refractivity contribution < 1.29 is 4.79 Å². The minimum absolute atomic E-state index is 0.0973. The van der Waals surface area contributed by atoms with Gasteiger partial charge in [0.2, 0.25) is 5.91 Å². The highest BCUT2D eigenvalue weighted by Gasteiger charge is 2.31. The van der Waals surface area contributed by atoms with Gasteiger partial charge in [0.15, 0.2) is 0 Å². The first-order valence-corrected chi connectivity index (χ1v) is 8.14. The van der Waals surface area contributed by atoms with E-state index >= 15 is 0 Å². The third kappa shape index (κ3) is 4.81. The summed E-state index contributed by atoms with van der Waals surface area (Å²) in [6.07, 6.45) is 4.04. The fourth-order valence-corrected chi connectivity index (χ4v) is 2.74. The molecule has 0 radical (unpaired) electrons. The van der Waals surface area contributed by atoms with Crippen LogP contribution in [0.4, 0.5) is 0 Å². The zero-order valence-electron chi connectivity index (χ0n) is 12.6. The van der Waals surface area contributed by atoms with E-state index in [0.717, 1.165) is 25.1 Å². The smallest absolute Gasteiger partial charge is 0.232 e. The lowest BCUT2D eigenvalue weighted by Gasteiger charge is -2.27. The van der Waals surface area contributed by atoms with Gasteiger partial charge in [-0.15, -0.1) is 0 Å². The number of benzene rings is 1. The zero-order valence-corrected chi connectivity index (χ0v) is 13.4. The highest BCUT2D eigenvalue weighted by Crippen LogP contribution is 2.30. The Kier molecular flexibility index (Phi) is 5.74. The Bertz CT molecular complexity index is 485. The normalized spacial score (nSPS) is 15.5. The van der Waals surface area contributed by atoms with Gasteiger partial charge in [0.1, 0.15) is 0 Å². The molecule has 2 N–H and O–H groups in total. The fraction of sp³-hybridized carbons (Fsp3) is 0.529. The molecule has 1 saturated carbocycles. The molecule has 1 aromatic carbocycles. The molecule has 1 aliphatic rings. The number of nitrogens with two attached hydrogens (primary N) is 1. The summed E-state index contributed by atoms with van der Waals surface area (Å²) >= 11 is 5.16. The Balaban J connectivity index is 2.07. The van der Waals surface area contributed by atoms with Gasteiger partial charge in [0.05, 0.1) is 10.9 Å². The summed E-state index contributed by atoms with van der Waals surface area (Å²) in [5.74, 6) is 0.400. The first-order chi connectivity index (χ1) is 10.1. The molecule has 114 valence electrons. The van der Waals surface area contributed by atoms with Gasteiger partial charge in [-0.25, -0.2) is 0 Å². The molecule has 1 aromatic rings. The Labute approximate surface area is 132 Å². The summed E-state index contributed by atoms with van der Waals surface area (Å²) < 4.78 is 0. The van der Waals surface area contributed by atoms with E-state index in [-0.39, 0.29) is 11.8 Å². The molecular weight excluding hydrogens is 280 g/mol. The van der Waals surface area contributed by atoms with Crippen LogP contribution in [-0.4, -0.2) is 28.9 Å². The molecule has 21 heavy (non-hydrogen) atoms. The average molecular weight is 304 g/mol. The minimum atomic E-state index is -0.382. The maximum atomic E-state index is 12.8. The third-order valence-corrected chi connectivity index (χ3v) is 4.19. The van der Waals surface area contributed by atoms with Crippen molar-refractivity contribution in [1.29, 1.82) is 0 Å². The number of carbonyl (C=O) groups is 1. The average Bonchev–Trinajstić information content (AvgIpc) is 3.28. The van der Waals surface area contributed by atoms with Gasteiger partial charge in [-0.05, 0) is 37.2 Å². The highest BCUT2D eigenvalue weighted by molar-refractivity contribution is 7.80. The first-order valence-electron chi connectivity index (χ1n) is 7.73. The highest BCUT2D eigenvalue weighted by atomic mass is 32.1. The van der Waals surface area contributed by atoms with E-state index in [1.54, 1.807) is 0 Å². The second kappa shape index (κ2) is 7.55. The van der Waals surface area contributed by atoms with Crippen molar-refractivity contribution in [1.82, 2.24) is 4.90 Å². The Hall–Kier alpha value is -1.42. The Morgan fingerprint density at radius 3 is 2.57 bits per heavy atom. The maximum Gasteiger partial charge on any atom is 0.232 e. The molecule has 0 aliphatic heterocycles. The van der Waals surface area contributed by atoms with Gasteiger partial charge in [-0.2, -0.15) is 0 Å². The Morgan fingerprint density at radius 2 is 2.05 bits per heavy atom. The van der Waals surface area contributed by atoms with Crippen molar-refractivity contribution in [2.45, 2.75) is 32.6 Å². The number of carbonyl (C=O) groups excluding carboxylic acids is 1. The lowest BCUT2D eigenvalue weighted by molar-refractivity contribution is -0.133. The maximum absolute atomic E-state index is 12.8. The molecule has 1 fully saturated rings. The van der Waals surface area contributed by atoms with Crippen molar-refractivity contribution in [3.05, 3.63) is 35.9 Å². The zero-order chi connectivity index (χ0) is 15.2. The molecule has 0 bridgehead atoms. The summed E-state index contributed by atoms with van der Waals surface area (Å²) in [5, 5.41) is 0. The van der Waals surface area contributed by atoms with Crippen LogP contribution in [0.25, 0.3) is 0 Å². The van der Waals surface area contributed by atoms with Crippen molar-refractivity contribution in [2.75, 3.05) is 13.1 Å². The van der Waals surface area contributed by atoms with Crippen LogP contribution >= 0.6 is 12.2 Å². The van der Waals surface area contributed by atoms with Crippen molar-refractivity contribution in [3.8, 4) is 0 Å².